The highest BCUT2D eigenvalue weighted by Gasteiger charge is 2.05. The van der Waals surface area contributed by atoms with Gasteiger partial charge in [0, 0.05) is 6.07 Å². The average Bonchev–Trinajstić information content (AvgIpc) is 2.52. The van der Waals surface area contributed by atoms with Crippen LogP contribution < -0.4 is 4.74 Å². The van der Waals surface area contributed by atoms with Crippen LogP contribution in [0.1, 0.15) is 0 Å². The van der Waals surface area contributed by atoms with E-state index in [1.54, 1.807) is 7.11 Å². The van der Waals surface area contributed by atoms with Crippen molar-refractivity contribution < 1.29 is 9.15 Å². The first-order valence-electron chi connectivity index (χ1n) is 3.38. The van der Waals surface area contributed by atoms with Crippen molar-refractivity contribution in [3.8, 4) is 5.75 Å². The zero-order valence-corrected chi connectivity index (χ0v) is 7.96. The molecule has 0 aliphatic rings. The van der Waals surface area contributed by atoms with E-state index in [1.807, 2.05) is 12.1 Å². The largest absolute Gasteiger partial charge is 0.497 e. The maximum Gasteiger partial charge on any atom is 0.182 e. The quantitative estimate of drug-likeness (QED) is 0.752. The summed E-state index contributed by atoms with van der Waals surface area (Å²) in [5.74, 6) is 0.767. The van der Waals surface area contributed by atoms with E-state index in [0.29, 0.717) is 0 Å². The number of hydrogen-bond donors (Lipinski definition) is 0. The Morgan fingerprint density at radius 3 is 3.08 bits per heavy atom. The molecule has 0 saturated heterocycles. The summed E-state index contributed by atoms with van der Waals surface area (Å²) < 4.78 is 11.1. The Balaban J connectivity index is 2.75. The van der Waals surface area contributed by atoms with Crippen LogP contribution in [0.3, 0.4) is 0 Å². The van der Waals surface area contributed by atoms with Crippen LogP contribution in [-0.2, 0) is 0 Å². The molecule has 0 fully saturated rings. The van der Waals surface area contributed by atoms with Gasteiger partial charge in [-0.2, -0.15) is 0 Å². The van der Waals surface area contributed by atoms with Crippen LogP contribution in [0, 0.1) is 0 Å². The van der Waals surface area contributed by atoms with Gasteiger partial charge in [-0.3, -0.25) is 0 Å². The van der Waals surface area contributed by atoms with E-state index in [0.717, 1.165) is 21.3 Å². The van der Waals surface area contributed by atoms with Crippen LogP contribution in [-0.4, -0.2) is 12.1 Å². The molecule has 62 valence electrons. The predicted octanol–water partition coefficient (Wildman–Crippen LogP) is 2.60. The maximum absolute atomic E-state index is 5.13. The molecule has 1 aromatic heterocycles. The fourth-order valence-electron chi connectivity index (χ4n) is 1.02. The van der Waals surface area contributed by atoms with Crippen LogP contribution in [0.5, 0.6) is 5.75 Å². The Bertz CT molecular complexity index is 410. The van der Waals surface area contributed by atoms with E-state index in [9.17, 15) is 0 Å². The van der Waals surface area contributed by atoms with Gasteiger partial charge in [0.1, 0.15) is 11.3 Å². The number of oxazole rings is 1. The highest BCUT2D eigenvalue weighted by molar-refractivity contribution is 9.10. The van der Waals surface area contributed by atoms with E-state index >= 15 is 0 Å². The van der Waals surface area contributed by atoms with Crippen molar-refractivity contribution in [2.24, 2.45) is 0 Å². The minimum absolute atomic E-state index is 0.746. The highest BCUT2D eigenvalue weighted by Crippen LogP contribution is 2.28. The summed E-state index contributed by atoms with van der Waals surface area (Å²) >= 11 is 3.35. The van der Waals surface area contributed by atoms with E-state index in [1.165, 1.54) is 6.39 Å². The molecule has 1 heterocycles. The van der Waals surface area contributed by atoms with Gasteiger partial charge >= 0.3 is 0 Å². The molecule has 4 heteroatoms. The molecule has 0 unspecified atom stereocenters. The number of halogens is 1. The molecule has 2 rings (SSSR count). The number of nitrogens with zero attached hydrogens (tertiary/aromatic N) is 1. The second-order valence-corrected chi connectivity index (χ2v) is 3.16. The minimum Gasteiger partial charge on any atom is -0.497 e. The number of benzene rings is 1. The smallest absolute Gasteiger partial charge is 0.182 e. The molecule has 3 nitrogen and oxygen atoms in total. The molecule has 0 atom stereocenters. The van der Waals surface area contributed by atoms with Gasteiger partial charge in [0.05, 0.1) is 11.6 Å². The van der Waals surface area contributed by atoms with Gasteiger partial charge in [0.2, 0.25) is 0 Å². The molecule has 0 spiro atoms. The van der Waals surface area contributed by atoms with Crippen molar-refractivity contribution in [1.29, 1.82) is 0 Å². The predicted molar refractivity (Wildman–Crippen MR) is 48.3 cm³/mol. The number of rotatable bonds is 1. The molecule has 0 N–H and O–H groups in total. The summed E-state index contributed by atoms with van der Waals surface area (Å²) in [5, 5.41) is 0. The second kappa shape index (κ2) is 2.79. The van der Waals surface area contributed by atoms with Crippen molar-refractivity contribution in [2.45, 2.75) is 0 Å². The SMILES string of the molecule is COc1cc(Br)c2ocnc2c1. The average molecular weight is 228 g/mol. The van der Waals surface area contributed by atoms with Crippen LogP contribution in [0.25, 0.3) is 11.1 Å². The lowest BCUT2D eigenvalue weighted by atomic mass is 10.3. The molecule has 12 heavy (non-hydrogen) atoms. The number of ether oxygens (including phenoxy) is 1. The van der Waals surface area contributed by atoms with Gasteiger partial charge in [-0.1, -0.05) is 0 Å². The fraction of sp³-hybridized carbons (Fsp3) is 0.125. The molecule has 0 radical (unpaired) electrons. The Labute approximate surface area is 77.5 Å². The monoisotopic (exact) mass is 227 g/mol. The molecule has 0 aliphatic carbocycles. The molecular formula is C8H6BrNO2. The van der Waals surface area contributed by atoms with E-state index in [4.69, 9.17) is 9.15 Å². The first kappa shape index (κ1) is 7.61. The second-order valence-electron chi connectivity index (χ2n) is 2.31. The third-order valence-corrected chi connectivity index (χ3v) is 2.18. The van der Waals surface area contributed by atoms with Gasteiger partial charge in [-0.05, 0) is 22.0 Å². The lowest BCUT2D eigenvalue weighted by Gasteiger charge is -1.98. The van der Waals surface area contributed by atoms with Gasteiger partial charge in [0.25, 0.3) is 0 Å². The van der Waals surface area contributed by atoms with Crippen LogP contribution in [0.2, 0.25) is 0 Å². The van der Waals surface area contributed by atoms with Crippen molar-refractivity contribution in [3.05, 3.63) is 23.0 Å². The summed E-state index contributed by atoms with van der Waals surface area (Å²) in [4.78, 5) is 4.01. The molecular weight excluding hydrogens is 222 g/mol. The lowest BCUT2D eigenvalue weighted by Crippen LogP contribution is -1.82. The number of aromatic nitrogens is 1. The van der Waals surface area contributed by atoms with Gasteiger partial charge in [-0.25, -0.2) is 4.98 Å². The Morgan fingerprint density at radius 1 is 1.50 bits per heavy atom. The van der Waals surface area contributed by atoms with E-state index in [2.05, 4.69) is 20.9 Å². The summed E-state index contributed by atoms with van der Waals surface area (Å²) in [6, 6.07) is 3.66. The molecule has 0 saturated carbocycles. The summed E-state index contributed by atoms with van der Waals surface area (Å²) in [6.07, 6.45) is 1.41. The summed E-state index contributed by atoms with van der Waals surface area (Å²) in [7, 11) is 1.62. The molecule has 1 aromatic carbocycles. The van der Waals surface area contributed by atoms with Crippen LogP contribution in [0.15, 0.2) is 27.4 Å². The first-order chi connectivity index (χ1) is 5.81. The molecule has 0 amide bonds. The third-order valence-electron chi connectivity index (χ3n) is 1.60. The zero-order chi connectivity index (χ0) is 8.55. The highest BCUT2D eigenvalue weighted by atomic mass is 79.9. The Morgan fingerprint density at radius 2 is 2.33 bits per heavy atom. The van der Waals surface area contributed by atoms with Gasteiger partial charge < -0.3 is 9.15 Å². The topological polar surface area (TPSA) is 35.3 Å². The molecule has 2 aromatic rings. The van der Waals surface area contributed by atoms with Crippen LogP contribution in [0.4, 0.5) is 0 Å². The number of fused-ring (bicyclic) bond motifs is 1. The number of methoxy groups -OCH3 is 1. The molecule has 0 bridgehead atoms. The van der Waals surface area contributed by atoms with E-state index in [-0.39, 0.29) is 0 Å². The van der Waals surface area contributed by atoms with Gasteiger partial charge in [0.15, 0.2) is 12.0 Å². The van der Waals surface area contributed by atoms with E-state index < -0.39 is 0 Å². The van der Waals surface area contributed by atoms with Crippen molar-refractivity contribution in [2.75, 3.05) is 7.11 Å². The van der Waals surface area contributed by atoms with Crippen LogP contribution >= 0.6 is 15.9 Å². The minimum atomic E-state index is 0.746. The first-order valence-corrected chi connectivity index (χ1v) is 4.17. The van der Waals surface area contributed by atoms with Crippen molar-refractivity contribution in [1.82, 2.24) is 4.98 Å². The van der Waals surface area contributed by atoms with Crippen molar-refractivity contribution in [3.63, 3.8) is 0 Å². The Kier molecular flexibility index (Phi) is 1.77. The maximum atomic E-state index is 5.13. The molecule has 0 aliphatic heterocycles. The summed E-state index contributed by atoms with van der Waals surface area (Å²) in [5.41, 5.74) is 1.54. The number of hydrogen-bond acceptors (Lipinski definition) is 3. The normalized spacial score (nSPS) is 10.5. The fourth-order valence-corrected chi connectivity index (χ4v) is 1.54. The lowest BCUT2D eigenvalue weighted by molar-refractivity contribution is 0.415. The zero-order valence-electron chi connectivity index (χ0n) is 6.37. The van der Waals surface area contributed by atoms with Crippen molar-refractivity contribution >= 4 is 27.0 Å². The van der Waals surface area contributed by atoms with Gasteiger partial charge in [-0.15, -0.1) is 0 Å². The standard InChI is InChI=1S/C8H6BrNO2/c1-11-5-2-6(9)8-7(3-5)10-4-12-8/h2-4H,1H3. The summed E-state index contributed by atoms with van der Waals surface area (Å²) in [6.45, 7) is 0. The Hall–Kier alpha value is -1.03. The third kappa shape index (κ3) is 1.08.